The van der Waals surface area contributed by atoms with Crippen molar-refractivity contribution in [2.24, 2.45) is 9.98 Å². The van der Waals surface area contributed by atoms with Gasteiger partial charge in [0.15, 0.2) is 0 Å². The molecule has 0 N–H and O–H groups in total. The van der Waals surface area contributed by atoms with Gasteiger partial charge in [-0.05, 0) is 85.5 Å². The Balaban J connectivity index is 2.36. The third kappa shape index (κ3) is 5.38. The molecule has 0 unspecified atom stereocenters. The Bertz CT molecular complexity index is 828. The van der Waals surface area contributed by atoms with Gasteiger partial charge in [-0.2, -0.15) is 0 Å². The Morgan fingerprint density at radius 3 is 1.48 bits per heavy atom. The van der Waals surface area contributed by atoms with E-state index in [0.717, 1.165) is 54.9 Å². The van der Waals surface area contributed by atoms with Gasteiger partial charge >= 0.3 is 0 Å². The summed E-state index contributed by atoms with van der Waals surface area (Å²) in [6.07, 6.45) is 5.11. The third-order valence-electron chi connectivity index (χ3n) is 5.22. The molecular formula is C25H34N2. The van der Waals surface area contributed by atoms with Crippen LogP contribution in [0.5, 0.6) is 0 Å². The van der Waals surface area contributed by atoms with Crippen LogP contribution in [0.2, 0.25) is 0 Å². The van der Waals surface area contributed by atoms with E-state index in [0.29, 0.717) is 0 Å². The van der Waals surface area contributed by atoms with Crippen molar-refractivity contribution < 1.29 is 0 Å². The van der Waals surface area contributed by atoms with Crippen molar-refractivity contribution >= 4 is 22.8 Å². The molecule has 0 aliphatic heterocycles. The van der Waals surface area contributed by atoms with Crippen molar-refractivity contribution in [3.8, 4) is 0 Å². The molecule has 0 saturated heterocycles. The maximum atomic E-state index is 4.92. The van der Waals surface area contributed by atoms with Gasteiger partial charge < -0.3 is 0 Å². The van der Waals surface area contributed by atoms with Gasteiger partial charge in [0.25, 0.3) is 0 Å². The highest BCUT2D eigenvalue weighted by atomic mass is 14.8. The average Bonchev–Trinajstić information content (AvgIpc) is 2.71. The molecule has 0 heterocycles. The lowest BCUT2D eigenvalue weighted by atomic mass is 10.0. The molecule has 0 aliphatic rings. The molecule has 2 rings (SSSR count). The molecule has 0 atom stereocenters. The standard InChI is InChI=1S/C25H34N2/c1-7-19-12-14-23(16-21(19)9-3)26-18(6)25(11-5)27-24-15-13-20(8-2)22(10-4)17-24/h12-17H,7-11H2,1-6H3. The first-order chi connectivity index (χ1) is 13.1. The lowest BCUT2D eigenvalue weighted by Gasteiger charge is -2.10. The van der Waals surface area contributed by atoms with Gasteiger partial charge in [0.05, 0.1) is 22.8 Å². The number of benzene rings is 2. The van der Waals surface area contributed by atoms with E-state index in [1.54, 1.807) is 0 Å². The summed E-state index contributed by atoms with van der Waals surface area (Å²) < 4.78 is 0. The maximum Gasteiger partial charge on any atom is 0.0636 e. The summed E-state index contributed by atoms with van der Waals surface area (Å²) in [5.41, 5.74) is 9.74. The Morgan fingerprint density at radius 1 is 0.630 bits per heavy atom. The van der Waals surface area contributed by atoms with Crippen LogP contribution in [-0.2, 0) is 25.7 Å². The predicted octanol–water partition coefficient (Wildman–Crippen LogP) is 7.21. The van der Waals surface area contributed by atoms with Crippen LogP contribution in [0, 0.1) is 0 Å². The molecule has 0 aromatic heterocycles. The summed E-state index contributed by atoms with van der Waals surface area (Å²) >= 11 is 0. The fraction of sp³-hybridized carbons (Fsp3) is 0.440. The van der Waals surface area contributed by atoms with Gasteiger partial charge in [-0.15, -0.1) is 0 Å². The van der Waals surface area contributed by atoms with Gasteiger partial charge in [0.2, 0.25) is 0 Å². The fourth-order valence-corrected chi connectivity index (χ4v) is 3.54. The summed E-state index contributed by atoms with van der Waals surface area (Å²) in [5.74, 6) is 0. The molecule has 27 heavy (non-hydrogen) atoms. The molecule has 0 bridgehead atoms. The van der Waals surface area contributed by atoms with Crippen LogP contribution in [0.15, 0.2) is 46.4 Å². The second-order valence-corrected chi connectivity index (χ2v) is 6.93. The molecule has 0 radical (unpaired) electrons. The van der Waals surface area contributed by atoms with Crippen LogP contribution in [0.1, 0.15) is 70.2 Å². The van der Waals surface area contributed by atoms with Crippen molar-refractivity contribution in [2.75, 3.05) is 0 Å². The number of nitrogens with zero attached hydrogens (tertiary/aromatic N) is 2. The van der Waals surface area contributed by atoms with Gasteiger partial charge in [-0.1, -0.05) is 46.8 Å². The van der Waals surface area contributed by atoms with E-state index in [9.17, 15) is 0 Å². The minimum atomic E-state index is 0.875. The van der Waals surface area contributed by atoms with Crippen LogP contribution < -0.4 is 0 Å². The molecule has 2 nitrogen and oxygen atoms in total. The van der Waals surface area contributed by atoms with E-state index in [-0.39, 0.29) is 0 Å². The second-order valence-electron chi connectivity index (χ2n) is 6.93. The Morgan fingerprint density at radius 2 is 1.07 bits per heavy atom. The zero-order chi connectivity index (χ0) is 19.8. The quantitative estimate of drug-likeness (QED) is 0.443. The van der Waals surface area contributed by atoms with Crippen molar-refractivity contribution in [1.29, 1.82) is 0 Å². The third-order valence-corrected chi connectivity index (χ3v) is 5.22. The van der Waals surface area contributed by atoms with E-state index in [2.05, 4.69) is 77.9 Å². The molecule has 0 saturated carbocycles. The largest absolute Gasteiger partial charge is 0.252 e. The smallest absolute Gasteiger partial charge is 0.0636 e. The van der Waals surface area contributed by atoms with Crippen LogP contribution >= 0.6 is 0 Å². The first-order valence-electron chi connectivity index (χ1n) is 10.4. The van der Waals surface area contributed by atoms with Gasteiger partial charge in [-0.3, -0.25) is 9.98 Å². The van der Waals surface area contributed by atoms with E-state index in [1.165, 1.54) is 22.3 Å². The number of rotatable bonds is 8. The molecule has 0 spiro atoms. The molecule has 0 fully saturated rings. The molecule has 2 aromatic rings. The summed E-state index contributed by atoms with van der Waals surface area (Å²) in [6.45, 7) is 13.1. The first kappa shape index (κ1) is 21.1. The number of aliphatic imine (C=N–C) groups is 2. The van der Waals surface area contributed by atoms with E-state index >= 15 is 0 Å². The molecular weight excluding hydrogens is 328 g/mol. The Hall–Kier alpha value is -2.22. The Kier molecular flexibility index (Phi) is 7.97. The first-order valence-corrected chi connectivity index (χ1v) is 10.4. The molecule has 144 valence electrons. The summed E-state index contributed by atoms with van der Waals surface area (Å²) in [7, 11) is 0. The number of hydrogen-bond donors (Lipinski definition) is 0. The van der Waals surface area contributed by atoms with Gasteiger partial charge in [0, 0.05) is 0 Å². The lowest BCUT2D eigenvalue weighted by Crippen LogP contribution is -2.08. The summed E-state index contributed by atoms with van der Waals surface area (Å²) in [4.78, 5) is 9.79. The van der Waals surface area contributed by atoms with E-state index < -0.39 is 0 Å². The van der Waals surface area contributed by atoms with Crippen molar-refractivity contribution in [3.05, 3.63) is 58.7 Å². The van der Waals surface area contributed by atoms with Crippen LogP contribution in [0.4, 0.5) is 11.4 Å². The van der Waals surface area contributed by atoms with Gasteiger partial charge in [0.1, 0.15) is 0 Å². The number of aryl methyl sites for hydroxylation is 4. The van der Waals surface area contributed by atoms with Crippen molar-refractivity contribution in [2.45, 2.75) is 73.6 Å². The second kappa shape index (κ2) is 10.2. The average molecular weight is 363 g/mol. The van der Waals surface area contributed by atoms with Crippen LogP contribution in [0.3, 0.4) is 0 Å². The highest BCUT2D eigenvalue weighted by Crippen LogP contribution is 2.22. The summed E-state index contributed by atoms with van der Waals surface area (Å²) in [5, 5.41) is 0. The fourth-order valence-electron chi connectivity index (χ4n) is 3.54. The zero-order valence-electron chi connectivity index (χ0n) is 17.9. The Labute approximate surface area is 165 Å². The van der Waals surface area contributed by atoms with Crippen LogP contribution in [0.25, 0.3) is 0 Å². The SMILES string of the molecule is CCC(=Nc1ccc(CC)c(CC)c1)C(C)=Nc1ccc(CC)c(CC)c1. The van der Waals surface area contributed by atoms with Crippen molar-refractivity contribution in [3.63, 3.8) is 0 Å². The molecule has 2 heteroatoms. The van der Waals surface area contributed by atoms with Crippen molar-refractivity contribution in [1.82, 2.24) is 0 Å². The predicted molar refractivity (Wildman–Crippen MR) is 121 cm³/mol. The zero-order valence-corrected chi connectivity index (χ0v) is 17.9. The minimum Gasteiger partial charge on any atom is -0.252 e. The lowest BCUT2D eigenvalue weighted by molar-refractivity contribution is 1.04. The van der Waals surface area contributed by atoms with Crippen LogP contribution in [-0.4, -0.2) is 11.4 Å². The van der Waals surface area contributed by atoms with Gasteiger partial charge in [-0.25, -0.2) is 0 Å². The topological polar surface area (TPSA) is 24.7 Å². The highest BCUT2D eigenvalue weighted by Gasteiger charge is 2.06. The van der Waals surface area contributed by atoms with E-state index in [1.807, 2.05) is 0 Å². The van der Waals surface area contributed by atoms with E-state index in [4.69, 9.17) is 9.98 Å². The highest BCUT2D eigenvalue weighted by molar-refractivity contribution is 6.42. The monoisotopic (exact) mass is 362 g/mol. The molecule has 0 aliphatic carbocycles. The summed E-state index contributed by atoms with van der Waals surface area (Å²) in [6, 6.07) is 13.1. The molecule has 2 aromatic carbocycles. The minimum absolute atomic E-state index is 0.875. The molecule has 0 amide bonds. The number of hydrogen-bond acceptors (Lipinski definition) is 2. The maximum absolute atomic E-state index is 4.92. The normalized spacial score (nSPS) is 12.5.